The highest BCUT2D eigenvalue weighted by Gasteiger charge is 2.07. The predicted octanol–water partition coefficient (Wildman–Crippen LogP) is 0.276. The summed E-state index contributed by atoms with van der Waals surface area (Å²) >= 11 is 0. The minimum atomic E-state index is -0.183. The predicted molar refractivity (Wildman–Crippen MR) is 62.5 cm³/mol. The van der Waals surface area contributed by atoms with Crippen LogP contribution in [0.3, 0.4) is 0 Å². The molecule has 2 N–H and O–H groups in total. The van der Waals surface area contributed by atoms with E-state index in [9.17, 15) is 4.79 Å². The van der Waals surface area contributed by atoms with Crippen molar-refractivity contribution in [1.82, 2.24) is 25.9 Å². The number of nitrogens with zero attached hydrogens (tertiary/aromatic N) is 3. The molecular formula is C11H13N5O2. The number of carbonyl (C=O) groups is 1. The van der Waals surface area contributed by atoms with Gasteiger partial charge >= 0.3 is 0 Å². The quantitative estimate of drug-likeness (QED) is 0.791. The van der Waals surface area contributed by atoms with Crippen molar-refractivity contribution >= 4 is 5.91 Å². The second-order valence-corrected chi connectivity index (χ2v) is 3.64. The largest absolute Gasteiger partial charge is 0.380 e. The van der Waals surface area contributed by atoms with Crippen LogP contribution in [0.5, 0.6) is 0 Å². The van der Waals surface area contributed by atoms with Crippen molar-refractivity contribution in [1.29, 1.82) is 0 Å². The lowest BCUT2D eigenvalue weighted by Gasteiger charge is -2.05. The molecule has 2 rings (SSSR count). The number of rotatable bonds is 5. The number of hydrogen-bond acceptors (Lipinski definition) is 5. The van der Waals surface area contributed by atoms with E-state index < -0.39 is 0 Å². The maximum Gasteiger partial charge on any atom is 0.251 e. The van der Waals surface area contributed by atoms with Crippen LogP contribution in [-0.2, 0) is 17.9 Å². The SMILES string of the molecule is COCc1cccc(C(=O)NCc2nn[nH]n2)c1. The summed E-state index contributed by atoms with van der Waals surface area (Å²) in [4.78, 5) is 11.9. The van der Waals surface area contributed by atoms with E-state index >= 15 is 0 Å². The van der Waals surface area contributed by atoms with Crippen LogP contribution < -0.4 is 5.32 Å². The zero-order valence-electron chi connectivity index (χ0n) is 9.88. The molecule has 0 atom stereocenters. The van der Waals surface area contributed by atoms with Crippen LogP contribution in [0.25, 0.3) is 0 Å². The Bertz CT molecular complexity index is 512. The van der Waals surface area contributed by atoms with Gasteiger partial charge in [-0.15, -0.1) is 10.2 Å². The molecule has 1 aromatic carbocycles. The van der Waals surface area contributed by atoms with Crippen LogP contribution >= 0.6 is 0 Å². The standard InChI is InChI=1S/C11H13N5O2/c1-18-7-8-3-2-4-9(5-8)11(17)12-6-10-13-15-16-14-10/h2-5H,6-7H2,1H3,(H,12,17)(H,13,14,15,16). The maximum absolute atomic E-state index is 11.9. The zero-order valence-corrected chi connectivity index (χ0v) is 9.88. The summed E-state index contributed by atoms with van der Waals surface area (Å²) in [6, 6.07) is 7.25. The fourth-order valence-corrected chi connectivity index (χ4v) is 1.49. The summed E-state index contributed by atoms with van der Waals surface area (Å²) in [5.41, 5.74) is 1.53. The first-order valence-corrected chi connectivity index (χ1v) is 5.38. The summed E-state index contributed by atoms with van der Waals surface area (Å²) in [7, 11) is 1.61. The van der Waals surface area contributed by atoms with Crippen molar-refractivity contribution < 1.29 is 9.53 Å². The molecule has 0 bridgehead atoms. The van der Waals surface area contributed by atoms with Crippen molar-refractivity contribution in [3.63, 3.8) is 0 Å². The van der Waals surface area contributed by atoms with E-state index in [2.05, 4.69) is 25.9 Å². The number of hydrogen-bond donors (Lipinski definition) is 2. The van der Waals surface area contributed by atoms with Crippen LogP contribution in [0.4, 0.5) is 0 Å². The fourth-order valence-electron chi connectivity index (χ4n) is 1.49. The van der Waals surface area contributed by atoms with Crippen LogP contribution in [0.1, 0.15) is 21.7 Å². The molecule has 18 heavy (non-hydrogen) atoms. The normalized spacial score (nSPS) is 10.3. The second-order valence-electron chi connectivity index (χ2n) is 3.64. The molecule has 0 aliphatic heterocycles. The lowest BCUT2D eigenvalue weighted by Crippen LogP contribution is -2.23. The van der Waals surface area contributed by atoms with Gasteiger partial charge in [-0.05, 0) is 17.7 Å². The second kappa shape index (κ2) is 5.87. The number of benzene rings is 1. The number of ether oxygens (including phenoxy) is 1. The highest BCUT2D eigenvalue weighted by Crippen LogP contribution is 2.06. The number of tetrazole rings is 1. The lowest BCUT2D eigenvalue weighted by atomic mass is 10.1. The van der Waals surface area contributed by atoms with Gasteiger partial charge in [0.05, 0.1) is 13.2 Å². The Kier molecular flexibility index (Phi) is 3.98. The molecule has 0 spiro atoms. The van der Waals surface area contributed by atoms with Crippen molar-refractivity contribution in [2.24, 2.45) is 0 Å². The van der Waals surface area contributed by atoms with E-state index in [1.54, 1.807) is 19.2 Å². The van der Waals surface area contributed by atoms with Gasteiger partial charge in [-0.1, -0.05) is 17.3 Å². The average molecular weight is 247 g/mol. The monoisotopic (exact) mass is 247 g/mol. The van der Waals surface area contributed by atoms with Gasteiger partial charge in [0, 0.05) is 12.7 Å². The van der Waals surface area contributed by atoms with E-state index in [1.165, 1.54) is 0 Å². The highest BCUT2D eigenvalue weighted by molar-refractivity contribution is 5.94. The molecule has 1 amide bonds. The zero-order chi connectivity index (χ0) is 12.8. The molecule has 0 saturated heterocycles. The van der Waals surface area contributed by atoms with E-state index in [4.69, 9.17) is 4.74 Å². The Morgan fingerprint density at radius 2 is 2.39 bits per heavy atom. The van der Waals surface area contributed by atoms with Gasteiger partial charge in [0.15, 0.2) is 5.82 Å². The molecule has 0 radical (unpaired) electrons. The van der Waals surface area contributed by atoms with Crippen molar-refractivity contribution in [2.45, 2.75) is 13.2 Å². The molecule has 2 aromatic rings. The van der Waals surface area contributed by atoms with Crippen molar-refractivity contribution in [3.8, 4) is 0 Å². The summed E-state index contributed by atoms with van der Waals surface area (Å²) in [6.45, 7) is 0.718. The van der Waals surface area contributed by atoms with Gasteiger partial charge in [0.1, 0.15) is 0 Å². The summed E-state index contributed by atoms with van der Waals surface area (Å²) in [6.07, 6.45) is 0. The molecule has 94 valence electrons. The van der Waals surface area contributed by atoms with E-state index in [0.29, 0.717) is 18.0 Å². The summed E-state index contributed by atoms with van der Waals surface area (Å²) in [5, 5.41) is 15.9. The molecule has 1 aromatic heterocycles. The molecule has 7 nitrogen and oxygen atoms in total. The number of amides is 1. The molecule has 0 unspecified atom stereocenters. The number of nitrogens with one attached hydrogen (secondary N) is 2. The highest BCUT2D eigenvalue weighted by atomic mass is 16.5. The molecule has 0 aliphatic carbocycles. The van der Waals surface area contributed by atoms with Gasteiger partial charge in [-0.25, -0.2) is 0 Å². The van der Waals surface area contributed by atoms with E-state index in [-0.39, 0.29) is 12.5 Å². The Morgan fingerprint density at radius 1 is 1.50 bits per heavy atom. The van der Waals surface area contributed by atoms with E-state index in [1.807, 2.05) is 12.1 Å². The third-order valence-corrected chi connectivity index (χ3v) is 2.30. The molecule has 0 saturated carbocycles. The Hall–Kier alpha value is -2.28. The third kappa shape index (κ3) is 3.11. The minimum Gasteiger partial charge on any atom is -0.380 e. The lowest BCUT2D eigenvalue weighted by molar-refractivity contribution is 0.0949. The number of aromatic nitrogens is 4. The maximum atomic E-state index is 11.9. The molecule has 0 fully saturated rings. The first kappa shape index (κ1) is 12.2. The van der Waals surface area contributed by atoms with E-state index in [0.717, 1.165) is 5.56 Å². The van der Waals surface area contributed by atoms with Crippen LogP contribution in [0, 0.1) is 0 Å². The number of H-pyrrole nitrogens is 1. The number of aromatic amines is 1. The van der Waals surface area contributed by atoms with Gasteiger partial charge in [-0.2, -0.15) is 5.21 Å². The summed E-state index contributed by atoms with van der Waals surface area (Å²) in [5.74, 6) is 0.258. The molecule has 0 aliphatic rings. The molecular weight excluding hydrogens is 234 g/mol. The molecule has 7 heteroatoms. The van der Waals surface area contributed by atoms with Gasteiger partial charge in [-0.3, -0.25) is 4.79 Å². The smallest absolute Gasteiger partial charge is 0.251 e. The van der Waals surface area contributed by atoms with Crippen LogP contribution in [0.2, 0.25) is 0 Å². The summed E-state index contributed by atoms with van der Waals surface area (Å²) < 4.78 is 5.02. The number of carbonyl (C=O) groups excluding carboxylic acids is 1. The van der Waals surface area contributed by atoms with Gasteiger partial charge in [0.25, 0.3) is 5.91 Å². The van der Waals surface area contributed by atoms with Crippen LogP contribution in [0.15, 0.2) is 24.3 Å². The fraction of sp³-hybridized carbons (Fsp3) is 0.273. The Labute approximate surface area is 104 Å². The van der Waals surface area contributed by atoms with Gasteiger partial charge < -0.3 is 10.1 Å². The molecule has 1 heterocycles. The van der Waals surface area contributed by atoms with Crippen LogP contribution in [-0.4, -0.2) is 33.6 Å². The number of methoxy groups -OCH3 is 1. The minimum absolute atomic E-state index is 0.183. The van der Waals surface area contributed by atoms with Crippen molar-refractivity contribution in [2.75, 3.05) is 7.11 Å². The Morgan fingerprint density at radius 3 is 3.11 bits per heavy atom. The van der Waals surface area contributed by atoms with Gasteiger partial charge in [0.2, 0.25) is 0 Å². The Balaban J connectivity index is 1.97. The first-order chi connectivity index (χ1) is 8.79. The van der Waals surface area contributed by atoms with Crippen molar-refractivity contribution in [3.05, 3.63) is 41.2 Å². The topological polar surface area (TPSA) is 92.8 Å². The first-order valence-electron chi connectivity index (χ1n) is 5.38. The average Bonchev–Trinajstić information content (AvgIpc) is 2.90. The third-order valence-electron chi connectivity index (χ3n) is 2.30.